The lowest BCUT2D eigenvalue weighted by Gasteiger charge is -2.27. The molecule has 14 heavy (non-hydrogen) atoms. The summed E-state index contributed by atoms with van der Waals surface area (Å²) in [6.07, 6.45) is 3.57. The Kier molecular flexibility index (Phi) is 4.73. The number of hydrogen-bond donors (Lipinski definition) is 1. The fourth-order valence-electron chi connectivity index (χ4n) is 1.60. The molecule has 4 heteroatoms. The van der Waals surface area contributed by atoms with Crippen LogP contribution in [0.15, 0.2) is 0 Å². The van der Waals surface area contributed by atoms with Crippen LogP contribution < -0.4 is 5.32 Å². The first-order valence-corrected chi connectivity index (χ1v) is 5.37. The molecule has 1 fully saturated rings. The molecular formula is C10H21N3O. The van der Waals surface area contributed by atoms with E-state index in [4.69, 9.17) is 0 Å². The lowest BCUT2D eigenvalue weighted by Crippen LogP contribution is -2.44. The van der Waals surface area contributed by atoms with Gasteiger partial charge in [0.05, 0.1) is 0 Å². The number of carbonyl (C=O) groups excluding carboxylic acids is 1. The number of nitrogens with one attached hydrogen (secondary N) is 1. The Bertz CT molecular complexity index is 176. The zero-order chi connectivity index (χ0) is 10.4. The van der Waals surface area contributed by atoms with Crippen LogP contribution in [-0.2, 0) is 0 Å². The van der Waals surface area contributed by atoms with E-state index in [1.54, 1.807) is 0 Å². The van der Waals surface area contributed by atoms with Crippen LogP contribution in [-0.4, -0.2) is 56.1 Å². The first-order chi connectivity index (χ1) is 6.70. The summed E-state index contributed by atoms with van der Waals surface area (Å²) < 4.78 is 0. The van der Waals surface area contributed by atoms with Crippen LogP contribution in [0.3, 0.4) is 0 Å². The van der Waals surface area contributed by atoms with E-state index in [9.17, 15) is 4.79 Å². The maximum atomic E-state index is 11.6. The fourth-order valence-corrected chi connectivity index (χ4v) is 1.60. The fraction of sp³-hybridized carbons (Fsp3) is 0.900. The van der Waals surface area contributed by atoms with Crippen molar-refractivity contribution in [2.75, 3.05) is 40.3 Å². The molecule has 0 aliphatic carbocycles. The zero-order valence-electron chi connectivity index (χ0n) is 9.25. The molecule has 0 aromatic rings. The molecule has 4 nitrogen and oxygen atoms in total. The number of likely N-dealkylation sites (N-methyl/N-ethyl adjacent to an activating group) is 1. The largest absolute Gasteiger partial charge is 0.337 e. The summed E-state index contributed by atoms with van der Waals surface area (Å²) in [5.41, 5.74) is 0. The highest BCUT2D eigenvalue weighted by atomic mass is 16.2. The van der Waals surface area contributed by atoms with Gasteiger partial charge in [-0.05, 0) is 33.4 Å². The number of rotatable bonds is 3. The average Bonchev–Trinajstić information content (AvgIpc) is 2.18. The predicted octanol–water partition coefficient (Wildman–Crippen LogP) is 0.743. The van der Waals surface area contributed by atoms with Gasteiger partial charge in [0, 0.05) is 26.2 Å². The van der Waals surface area contributed by atoms with Gasteiger partial charge >= 0.3 is 6.03 Å². The third-order valence-corrected chi connectivity index (χ3v) is 2.48. The quantitative estimate of drug-likeness (QED) is 0.728. The molecule has 1 saturated heterocycles. The summed E-state index contributed by atoms with van der Waals surface area (Å²) in [4.78, 5) is 15.6. The number of piperidine rings is 1. The van der Waals surface area contributed by atoms with Crippen molar-refractivity contribution < 1.29 is 4.79 Å². The van der Waals surface area contributed by atoms with Gasteiger partial charge in [-0.25, -0.2) is 4.79 Å². The van der Waals surface area contributed by atoms with Crippen LogP contribution in [0.25, 0.3) is 0 Å². The van der Waals surface area contributed by atoms with Gasteiger partial charge in [0.25, 0.3) is 0 Å². The lowest BCUT2D eigenvalue weighted by atomic mass is 10.1. The Balaban J connectivity index is 2.13. The Morgan fingerprint density at radius 3 is 2.50 bits per heavy atom. The minimum Gasteiger partial charge on any atom is -0.337 e. The number of hydrogen-bond acceptors (Lipinski definition) is 2. The molecule has 0 atom stereocenters. The third kappa shape index (κ3) is 3.96. The van der Waals surface area contributed by atoms with Crippen LogP contribution in [0, 0.1) is 0 Å². The van der Waals surface area contributed by atoms with E-state index in [1.807, 2.05) is 19.0 Å². The molecule has 0 bridgehead atoms. The van der Waals surface area contributed by atoms with Crippen LogP contribution >= 0.6 is 0 Å². The smallest absolute Gasteiger partial charge is 0.317 e. The van der Waals surface area contributed by atoms with Gasteiger partial charge in [-0.15, -0.1) is 0 Å². The van der Waals surface area contributed by atoms with E-state index in [2.05, 4.69) is 10.2 Å². The van der Waals surface area contributed by atoms with Gasteiger partial charge in [0.1, 0.15) is 0 Å². The molecule has 1 aliphatic rings. The van der Waals surface area contributed by atoms with E-state index in [0.717, 1.165) is 39.0 Å². The Hall–Kier alpha value is -0.770. The van der Waals surface area contributed by atoms with Gasteiger partial charge in [-0.3, -0.25) is 0 Å². The van der Waals surface area contributed by atoms with E-state index < -0.39 is 0 Å². The second-order valence-electron chi connectivity index (χ2n) is 4.08. The molecule has 0 saturated carbocycles. The Morgan fingerprint density at radius 2 is 1.93 bits per heavy atom. The molecule has 0 aromatic carbocycles. The second kappa shape index (κ2) is 5.86. The van der Waals surface area contributed by atoms with Crippen LogP contribution in [0.5, 0.6) is 0 Å². The summed E-state index contributed by atoms with van der Waals surface area (Å²) in [7, 11) is 4.01. The first-order valence-electron chi connectivity index (χ1n) is 5.37. The summed E-state index contributed by atoms with van der Waals surface area (Å²) >= 11 is 0. The molecule has 0 aromatic heterocycles. The highest BCUT2D eigenvalue weighted by Crippen LogP contribution is 2.07. The number of likely N-dealkylation sites (tertiary alicyclic amines) is 1. The van der Waals surface area contributed by atoms with Crippen molar-refractivity contribution in [1.82, 2.24) is 15.1 Å². The van der Waals surface area contributed by atoms with Crippen LogP contribution in [0.1, 0.15) is 19.3 Å². The maximum Gasteiger partial charge on any atom is 0.317 e. The number of carbonyl (C=O) groups is 1. The monoisotopic (exact) mass is 199 g/mol. The van der Waals surface area contributed by atoms with Crippen LogP contribution in [0.2, 0.25) is 0 Å². The molecule has 1 N–H and O–H groups in total. The molecular weight excluding hydrogens is 178 g/mol. The van der Waals surface area contributed by atoms with E-state index in [1.165, 1.54) is 6.42 Å². The minimum atomic E-state index is 0.103. The average molecular weight is 199 g/mol. The minimum absolute atomic E-state index is 0.103. The predicted molar refractivity (Wildman–Crippen MR) is 57.4 cm³/mol. The summed E-state index contributed by atoms with van der Waals surface area (Å²) in [6, 6.07) is 0.103. The topological polar surface area (TPSA) is 35.6 Å². The highest BCUT2D eigenvalue weighted by molar-refractivity contribution is 5.74. The molecule has 82 valence electrons. The SMILES string of the molecule is CN(C)CCNC(=O)N1CCCCC1. The van der Waals surface area contributed by atoms with Crippen molar-refractivity contribution in [1.29, 1.82) is 0 Å². The van der Waals surface area contributed by atoms with Crippen molar-refractivity contribution in [3.63, 3.8) is 0 Å². The molecule has 1 heterocycles. The van der Waals surface area contributed by atoms with Gasteiger partial charge in [0.15, 0.2) is 0 Å². The molecule has 2 amide bonds. The van der Waals surface area contributed by atoms with Crippen LogP contribution in [0.4, 0.5) is 4.79 Å². The van der Waals surface area contributed by atoms with E-state index in [0.29, 0.717) is 0 Å². The molecule has 0 spiro atoms. The lowest BCUT2D eigenvalue weighted by molar-refractivity contribution is 0.185. The number of nitrogens with zero attached hydrogens (tertiary/aromatic N) is 2. The number of amides is 2. The molecule has 1 aliphatic heterocycles. The molecule has 1 rings (SSSR count). The molecule has 0 unspecified atom stereocenters. The van der Waals surface area contributed by atoms with Gasteiger partial charge in [-0.1, -0.05) is 0 Å². The first kappa shape index (κ1) is 11.3. The van der Waals surface area contributed by atoms with Gasteiger partial charge < -0.3 is 15.1 Å². The van der Waals surface area contributed by atoms with Crippen molar-refractivity contribution in [2.45, 2.75) is 19.3 Å². The highest BCUT2D eigenvalue weighted by Gasteiger charge is 2.15. The standard InChI is InChI=1S/C10H21N3O/c1-12(2)9-6-11-10(14)13-7-4-3-5-8-13/h3-9H2,1-2H3,(H,11,14). The van der Waals surface area contributed by atoms with Crippen molar-refractivity contribution in [3.05, 3.63) is 0 Å². The normalized spacial score (nSPS) is 17.2. The summed E-state index contributed by atoms with van der Waals surface area (Å²) in [6.45, 7) is 3.49. The summed E-state index contributed by atoms with van der Waals surface area (Å²) in [5.74, 6) is 0. The zero-order valence-corrected chi connectivity index (χ0v) is 9.25. The Morgan fingerprint density at radius 1 is 1.29 bits per heavy atom. The Labute approximate surface area is 86.2 Å². The van der Waals surface area contributed by atoms with E-state index in [-0.39, 0.29) is 6.03 Å². The second-order valence-corrected chi connectivity index (χ2v) is 4.08. The van der Waals surface area contributed by atoms with Crippen molar-refractivity contribution in [3.8, 4) is 0 Å². The van der Waals surface area contributed by atoms with Gasteiger partial charge in [-0.2, -0.15) is 0 Å². The van der Waals surface area contributed by atoms with Gasteiger partial charge in [0.2, 0.25) is 0 Å². The van der Waals surface area contributed by atoms with Crippen molar-refractivity contribution >= 4 is 6.03 Å². The van der Waals surface area contributed by atoms with Crippen molar-refractivity contribution in [2.24, 2.45) is 0 Å². The third-order valence-electron chi connectivity index (χ3n) is 2.48. The van der Waals surface area contributed by atoms with E-state index >= 15 is 0 Å². The number of urea groups is 1. The maximum absolute atomic E-state index is 11.6. The summed E-state index contributed by atoms with van der Waals surface area (Å²) in [5, 5.41) is 2.93. The molecule has 0 radical (unpaired) electrons.